The fourth-order valence-corrected chi connectivity index (χ4v) is 5.10. The number of piperazine rings is 1. The SMILES string of the molecule is CN(C(=O)N[C@H]1CC[C@H](CCN2CCN(c3cc(Cl)ncc3Cl)CC2)CC1)C1CC1. The highest BCUT2D eigenvalue weighted by molar-refractivity contribution is 6.34. The van der Waals surface area contributed by atoms with E-state index in [0.717, 1.165) is 70.0 Å². The van der Waals surface area contributed by atoms with E-state index >= 15 is 0 Å². The lowest BCUT2D eigenvalue weighted by atomic mass is 9.84. The monoisotopic (exact) mass is 453 g/mol. The van der Waals surface area contributed by atoms with Gasteiger partial charge in [-0.05, 0) is 57.4 Å². The predicted octanol–water partition coefficient (Wildman–Crippen LogP) is 4.26. The summed E-state index contributed by atoms with van der Waals surface area (Å²) in [5.41, 5.74) is 0.990. The van der Waals surface area contributed by atoms with Crippen molar-refractivity contribution in [1.82, 2.24) is 20.1 Å². The van der Waals surface area contributed by atoms with E-state index in [2.05, 4.69) is 20.1 Å². The van der Waals surface area contributed by atoms with Crippen LogP contribution in [0.4, 0.5) is 10.5 Å². The Hall–Kier alpha value is -1.24. The minimum Gasteiger partial charge on any atom is -0.368 e. The molecule has 3 fully saturated rings. The molecule has 1 N–H and O–H groups in total. The van der Waals surface area contributed by atoms with Gasteiger partial charge >= 0.3 is 6.03 Å². The Labute approximate surface area is 189 Å². The Morgan fingerprint density at radius 3 is 2.50 bits per heavy atom. The molecule has 2 aliphatic carbocycles. The van der Waals surface area contributed by atoms with E-state index in [-0.39, 0.29) is 6.03 Å². The van der Waals surface area contributed by atoms with E-state index in [1.807, 2.05) is 18.0 Å². The number of urea groups is 1. The molecular formula is C22H33Cl2N5O. The smallest absolute Gasteiger partial charge is 0.317 e. The molecule has 8 heteroatoms. The lowest BCUT2D eigenvalue weighted by molar-refractivity contribution is 0.187. The summed E-state index contributed by atoms with van der Waals surface area (Å²) < 4.78 is 0. The minimum absolute atomic E-state index is 0.120. The van der Waals surface area contributed by atoms with Gasteiger partial charge < -0.3 is 15.1 Å². The highest BCUT2D eigenvalue weighted by Gasteiger charge is 2.31. The molecule has 3 aliphatic rings. The quantitative estimate of drug-likeness (QED) is 0.653. The summed E-state index contributed by atoms with van der Waals surface area (Å²) in [7, 11) is 1.93. The van der Waals surface area contributed by atoms with Gasteiger partial charge in [0.2, 0.25) is 0 Å². The number of pyridine rings is 1. The molecule has 2 amide bonds. The van der Waals surface area contributed by atoms with Gasteiger partial charge in [0, 0.05) is 57.6 Å². The molecule has 1 aromatic rings. The molecule has 1 saturated heterocycles. The normalized spacial score (nSPS) is 25.2. The first-order valence-corrected chi connectivity index (χ1v) is 12.1. The van der Waals surface area contributed by atoms with Crippen molar-refractivity contribution in [1.29, 1.82) is 0 Å². The van der Waals surface area contributed by atoms with Crippen LogP contribution in [0.5, 0.6) is 0 Å². The summed E-state index contributed by atoms with van der Waals surface area (Å²) in [6, 6.07) is 2.82. The van der Waals surface area contributed by atoms with Crippen LogP contribution >= 0.6 is 23.2 Å². The van der Waals surface area contributed by atoms with Gasteiger partial charge in [-0.15, -0.1) is 0 Å². The maximum atomic E-state index is 12.3. The Morgan fingerprint density at radius 2 is 1.83 bits per heavy atom. The van der Waals surface area contributed by atoms with Crippen LogP contribution in [0.3, 0.4) is 0 Å². The van der Waals surface area contributed by atoms with Crippen molar-refractivity contribution in [2.75, 3.05) is 44.7 Å². The van der Waals surface area contributed by atoms with Crippen LogP contribution in [-0.2, 0) is 0 Å². The van der Waals surface area contributed by atoms with E-state index in [4.69, 9.17) is 23.2 Å². The van der Waals surface area contributed by atoms with Gasteiger partial charge in [-0.2, -0.15) is 0 Å². The number of amides is 2. The number of rotatable bonds is 6. The van der Waals surface area contributed by atoms with Crippen LogP contribution < -0.4 is 10.2 Å². The molecule has 0 atom stereocenters. The summed E-state index contributed by atoms with van der Waals surface area (Å²) in [6.07, 6.45) is 9.89. The fraction of sp³-hybridized carbons (Fsp3) is 0.727. The van der Waals surface area contributed by atoms with E-state index in [0.29, 0.717) is 22.3 Å². The number of carbonyl (C=O) groups is 1. The third-order valence-corrected chi connectivity index (χ3v) is 7.46. The second-order valence-electron chi connectivity index (χ2n) is 9.09. The molecule has 0 radical (unpaired) electrons. The maximum absolute atomic E-state index is 12.3. The average molecular weight is 454 g/mol. The fourth-order valence-electron chi connectivity index (χ4n) is 4.72. The standard InChI is InChI=1S/C22H33Cl2N5O/c1-27(18-6-7-18)22(30)26-17-4-2-16(3-5-17)8-9-28-10-12-29(13-11-28)20-14-21(24)25-15-19(20)23/h14-18H,2-13H2,1H3,(H,26,30)/t16-,17-. The average Bonchev–Trinajstić information content (AvgIpc) is 3.60. The van der Waals surface area contributed by atoms with Crippen molar-refractivity contribution in [3.05, 3.63) is 22.4 Å². The first-order chi connectivity index (χ1) is 14.5. The molecule has 0 unspecified atom stereocenters. The molecule has 1 aromatic heterocycles. The first-order valence-electron chi connectivity index (χ1n) is 11.3. The summed E-state index contributed by atoms with van der Waals surface area (Å²) in [5.74, 6) is 0.783. The lowest BCUT2D eigenvalue weighted by Gasteiger charge is -2.37. The van der Waals surface area contributed by atoms with Crippen LogP contribution in [0.1, 0.15) is 44.9 Å². The number of aromatic nitrogens is 1. The first kappa shape index (κ1) is 22.0. The molecule has 0 spiro atoms. The van der Waals surface area contributed by atoms with Crippen LogP contribution in [0.15, 0.2) is 12.3 Å². The van der Waals surface area contributed by atoms with Crippen molar-refractivity contribution in [3.63, 3.8) is 0 Å². The molecule has 0 bridgehead atoms. The van der Waals surface area contributed by atoms with E-state index in [1.165, 1.54) is 19.3 Å². The van der Waals surface area contributed by atoms with Crippen LogP contribution in [0.2, 0.25) is 10.2 Å². The van der Waals surface area contributed by atoms with E-state index < -0.39 is 0 Å². The molecule has 166 valence electrons. The van der Waals surface area contributed by atoms with Crippen molar-refractivity contribution in [2.24, 2.45) is 5.92 Å². The topological polar surface area (TPSA) is 51.7 Å². The lowest BCUT2D eigenvalue weighted by Crippen LogP contribution is -2.47. The van der Waals surface area contributed by atoms with Crippen molar-refractivity contribution >= 4 is 34.9 Å². The molecule has 6 nitrogen and oxygen atoms in total. The van der Waals surface area contributed by atoms with Crippen molar-refractivity contribution in [3.8, 4) is 0 Å². The van der Waals surface area contributed by atoms with E-state index in [1.54, 1.807) is 6.20 Å². The highest BCUT2D eigenvalue weighted by atomic mass is 35.5. The van der Waals surface area contributed by atoms with Gasteiger partial charge in [-0.1, -0.05) is 23.2 Å². The number of carbonyl (C=O) groups excluding carboxylic acids is 1. The molecule has 4 rings (SSSR count). The second kappa shape index (κ2) is 9.92. The molecule has 1 aliphatic heterocycles. The Balaban J connectivity index is 1.14. The summed E-state index contributed by atoms with van der Waals surface area (Å²) >= 11 is 12.3. The van der Waals surface area contributed by atoms with Gasteiger partial charge in [-0.3, -0.25) is 4.90 Å². The van der Waals surface area contributed by atoms with E-state index in [9.17, 15) is 4.79 Å². The van der Waals surface area contributed by atoms with Crippen LogP contribution in [0.25, 0.3) is 0 Å². The zero-order valence-corrected chi connectivity index (χ0v) is 19.3. The Morgan fingerprint density at radius 1 is 1.13 bits per heavy atom. The van der Waals surface area contributed by atoms with Gasteiger partial charge in [0.15, 0.2) is 0 Å². The maximum Gasteiger partial charge on any atom is 0.317 e. The number of anilines is 1. The molecule has 0 aromatic carbocycles. The zero-order chi connectivity index (χ0) is 21.1. The molecule has 30 heavy (non-hydrogen) atoms. The number of nitrogens with one attached hydrogen (secondary N) is 1. The zero-order valence-electron chi connectivity index (χ0n) is 17.8. The Bertz CT molecular complexity index is 728. The minimum atomic E-state index is 0.120. The third-order valence-electron chi connectivity index (χ3n) is 6.96. The van der Waals surface area contributed by atoms with Crippen LogP contribution in [0, 0.1) is 5.92 Å². The highest BCUT2D eigenvalue weighted by Crippen LogP contribution is 2.30. The van der Waals surface area contributed by atoms with Crippen molar-refractivity contribution in [2.45, 2.75) is 57.0 Å². The van der Waals surface area contributed by atoms with Gasteiger partial charge in [0.25, 0.3) is 0 Å². The second-order valence-corrected chi connectivity index (χ2v) is 9.88. The summed E-state index contributed by atoms with van der Waals surface area (Å²) in [6.45, 7) is 5.19. The van der Waals surface area contributed by atoms with Gasteiger partial charge in [0.05, 0.1) is 10.7 Å². The summed E-state index contributed by atoms with van der Waals surface area (Å²) in [5, 5.41) is 4.40. The summed E-state index contributed by atoms with van der Waals surface area (Å²) in [4.78, 5) is 23.1. The number of hydrogen-bond acceptors (Lipinski definition) is 4. The number of halogens is 2. The van der Waals surface area contributed by atoms with Gasteiger partial charge in [-0.25, -0.2) is 9.78 Å². The van der Waals surface area contributed by atoms with Crippen LogP contribution in [-0.4, -0.2) is 72.7 Å². The molecule has 2 saturated carbocycles. The Kier molecular flexibility index (Phi) is 7.27. The number of hydrogen-bond donors (Lipinski definition) is 1. The van der Waals surface area contributed by atoms with Gasteiger partial charge in [0.1, 0.15) is 5.15 Å². The third kappa shape index (κ3) is 5.71. The largest absolute Gasteiger partial charge is 0.368 e. The van der Waals surface area contributed by atoms with Crippen molar-refractivity contribution < 1.29 is 4.79 Å². The predicted molar refractivity (Wildman–Crippen MR) is 123 cm³/mol. The molecular weight excluding hydrogens is 421 g/mol. The molecule has 2 heterocycles. The number of nitrogens with zero attached hydrogens (tertiary/aromatic N) is 4.